The highest BCUT2D eigenvalue weighted by Crippen LogP contribution is 2.23. The van der Waals surface area contributed by atoms with E-state index >= 15 is 0 Å². The van der Waals surface area contributed by atoms with Crippen molar-refractivity contribution < 1.29 is 19.4 Å². The van der Waals surface area contributed by atoms with E-state index in [2.05, 4.69) is 0 Å². The van der Waals surface area contributed by atoms with Gasteiger partial charge in [-0.2, -0.15) is 0 Å². The molecule has 0 spiro atoms. The molecule has 0 heterocycles. The van der Waals surface area contributed by atoms with Crippen LogP contribution in [0.2, 0.25) is 0 Å². The van der Waals surface area contributed by atoms with Gasteiger partial charge in [0, 0.05) is 11.1 Å². The van der Waals surface area contributed by atoms with Crippen molar-refractivity contribution in [2.75, 3.05) is 0 Å². The number of hydrogen-bond acceptors (Lipinski definition) is 4. The van der Waals surface area contributed by atoms with Crippen LogP contribution in [0.25, 0.3) is 0 Å². The zero-order valence-corrected chi connectivity index (χ0v) is 10.5. The summed E-state index contributed by atoms with van der Waals surface area (Å²) in [5.74, 6) is 0.0503. The van der Waals surface area contributed by atoms with Crippen LogP contribution in [0, 0.1) is 0 Å². The first-order valence-corrected chi connectivity index (χ1v) is 5.93. The first kappa shape index (κ1) is 13.5. The van der Waals surface area contributed by atoms with Crippen LogP contribution < -0.4 is 4.74 Å². The van der Waals surface area contributed by atoms with Gasteiger partial charge in [-0.05, 0) is 12.1 Å². The standard InChI is InChI=1S/C9H8O3.C7H4O/c10-7-6-9(11)12-8-4-2-1-3-5-8;8-7-5-1-2-6(7)4-3-5/h1-7,10H;1-4H. The van der Waals surface area contributed by atoms with Gasteiger partial charge in [0.05, 0.1) is 12.3 Å². The molecule has 1 N–H and O–H groups in total. The fraction of sp³-hybridized carbons (Fsp3) is 0. The molecule has 4 nitrogen and oxygen atoms in total. The number of aliphatic hydroxyl groups excluding tert-OH is 1. The lowest BCUT2D eigenvalue weighted by Gasteiger charge is -1.98. The third-order valence-corrected chi connectivity index (χ3v) is 2.58. The molecule has 0 saturated carbocycles. The van der Waals surface area contributed by atoms with Gasteiger partial charge in [0.15, 0.2) is 5.78 Å². The molecule has 0 saturated heterocycles. The average Bonchev–Trinajstić information content (AvgIpc) is 2.99. The Morgan fingerprint density at radius 2 is 1.65 bits per heavy atom. The Labute approximate surface area is 116 Å². The number of carbonyl (C=O) groups is 2. The van der Waals surface area contributed by atoms with Crippen molar-refractivity contribution in [3.8, 4) is 5.75 Å². The Kier molecular flexibility index (Phi) is 4.29. The molecule has 0 amide bonds. The number of fused-ring (bicyclic) bond motifs is 2. The smallest absolute Gasteiger partial charge is 0.339 e. The van der Waals surface area contributed by atoms with Crippen LogP contribution in [0.5, 0.6) is 5.75 Å². The molecule has 2 aliphatic rings. The number of para-hydroxylation sites is 1. The SMILES string of the molecule is O=C(C=CO)Oc1ccccc1.O=C1C2=CC=C1C=C2. The van der Waals surface area contributed by atoms with Gasteiger partial charge in [-0.3, -0.25) is 4.79 Å². The minimum absolute atomic E-state index is 0.185. The van der Waals surface area contributed by atoms with Crippen LogP contribution in [-0.4, -0.2) is 16.9 Å². The number of aliphatic hydroxyl groups is 1. The molecule has 2 bridgehead atoms. The molecule has 100 valence electrons. The van der Waals surface area contributed by atoms with E-state index in [9.17, 15) is 9.59 Å². The third-order valence-electron chi connectivity index (χ3n) is 2.58. The second-order valence-corrected chi connectivity index (χ2v) is 3.96. The minimum Gasteiger partial charge on any atom is -0.515 e. The number of benzene rings is 1. The van der Waals surface area contributed by atoms with E-state index in [1.807, 2.05) is 30.4 Å². The molecular weight excluding hydrogens is 256 g/mol. The highest BCUT2D eigenvalue weighted by Gasteiger charge is 2.19. The molecule has 0 unspecified atom stereocenters. The summed E-state index contributed by atoms with van der Waals surface area (Å²) in [5, 5.41) is 8.23. The van der Waals surface area contributed by atoms with Crippen LogP contribution in [0.4, 0.5) is 0 Å². The van der Waals surface area contributed by atoms with Gasteiger partial charge in [0.25, 0.3) is 0 Å². The Morgan fingerprint density at radius 1 is 1.05 bits per heavy atom. The fourth-order valence-electron chi connectivity index (χ4n) is 1.64. The summed E-state index contributed by atoms with van der Waals surface area (Å²) in [6.07, 6.45) is 8.96. The highest BCUT2D eigenvalue weighted by atomic mass is 16.5. The van der Waals surface area contributed by atoms with Crippen molar-refractivity contribution in [2.24, 2.45) is 0 Å². The number of carbonyl (C=O) groups excluding carboxylic acids is 2. The summed E-state index contributed by atoms with van der Waals surface area (Å²) in [6.45, 7) is 0. The Hall–Kier alpha value is -2.88. The average molecular weight is 268 g/mol. The van der Waals surface area contributed by atoms with Gasteiger partial charge in [-0.1, -0.05) is 42.5 Å². The molecule has 0 aliphatic heterocycles. The van der Waals surface area contributed by atoms with E-state index in [1.54, 1.807) is 24.3 Å². The van der Waals surface area contributed by atoms with E-state index in [0.29, 0.717) is 12.0 Å². The summed E-state index contributed by atoms with van der Waals surface area (Å²) in [7, 11) is 0. The predicted molar refractivity (Wildman–Crippen MR) is 74.2 cm³/mol. The van der Waals surface area contributed by atoms with Gasteiger partial charge in [-0.15, -0.1) is 0 Å². The topological polar surface area (TPSA) is 63.6 Å². The summed E-state index contributed by atoms with van der Waals surface area (Å²) >= 11 is 0. The molecule has 1 aromatic carbocycles. The Balaban J connectivity index is 0.000000157. The van der Waals surface area contributed by atoms with E-state index in [1.165, 1.54) is 0 Å². The zero-order valence-electron chi connectivity index (χ0n) is 10.5. The molecule has 4 heteroatoms. The molecule has 3 rings (SSSR count). The quantitative estimate of drug-likeness (QED) is 0.387. The van der Waals surface area contributed by atoms with Gasteiger partial charge in [0.1, 0.15) is 5.75 Å². The fourth-order valence-corrected chi connectivity index (χ4v) is 1.64. The maximum absolute atomic E-state index is 10.8. The largest absolute Gasteiger partial charge is 0.515 e. The zero-order chi connectivity index (χ0) is 14.4. The maximum Gasteiger partial charge on any atom is 0.339 e. The highest BCUT2D eigenvalue weighted by molar-refractivity contribution is 6.17. The number of ketones is 1. The molecule has 0 radical (unpaired) electrons. The number of esters is 1. The maximum atomic E-state index is 10.8. The number of hydrogen-bond donors (Lipinski definition) is 1. The summed E-state index contributed by atoms with van der Waals surface area (Å²) < 4.78 is 4.77. The summed E-state index contributed by atoms with van der Waals surface area (Å²) in [4.78, 5) is 21.5. The number of ether oxygens (including phenoxy) is 1. The number of Topliss-reactive ketones (excluding diaryl/α,β-unsaturated/α-hetero) is 1. The number of allylic oxidation sites excluding steroid dienone is 6. The second-order valence-electron chi connectivity index (χ2n) is 3.96. The van der Waals surface area contributed by atoms with E-state index in [0.717, 1.165) is 17.2 Å². The van der Waals surface area contributed by atoms with Crippen LogP contribution in [0.15, 0.2) is 78.1 Å². The predicted octanol–water partition coefficient (Wildman–Crippen LogP) is 2.66. The first-order chi connectivity index (χ1) is 9.70. The lowest BCUT2D eigenvalue weighted by Crippen LogP contribution is -2.03. The minimum atomic E-state index is -0.594. The van der Waals surface area contributed by atoms with Crippen molar-refractivity contribution >= 4 is 11.8 Å². The van der Waals surface area contributed by atoms with Crippen molar-refractivity contribution in [1.82, 2.24) is 0 Å². The Bertz CT molecular complexity index is 610. The molecular formula is C16H12O4. The summed E-state index contributed by atoms with van der Waals surface area (Å²) in [6, 6.07) is 8.64. The van der Waals surface area contributed by atoms with E-state index in [4.69, 9.17) is 9.84 Å². The monoisotopic (exact) mass is 268 g/mol. The molecule has 1 aromatic rings. The van der Waals surface area contributed by atoms with Crippen molar-refractivity contribution in [1.29, 1.82) is 0 Å². The molecule has 2 aliphatic carbocycles. The van der Waals surface area contributed by atoms with E-state index < -0.39 is 5.97 Å². The van der Waals surface area contributed by atoms with Gasteiger partial charge in [-0.25, -0.2) is 4.79 Å². The van der Waals surface area contributed by atoms with Gasteiger partial charge < -0.3 is 9.84 Å². The van der Waals surface area contributed by atoms with Crippen LogP contribution >= 0.6 is 0 Å². The molecule has 20 heavy (non-hydrogen) atoms. The van der Waals surface area contributed by atoms with E-state index in [-0.39, 0.29) is 5.78 Å². The molecule has 0 aromatic heterocycles. The van der Waals surface area contributed by atoms with Crippen LogP contribution in [0.3, 0.4) is 0 Å². The van der Waals surface area contributed by atoms with Crippen LogP contribution in [-0.2, 0) is 9.59 Å². The Morgan fingerprint density at radius 3 is 2.05 bits per heavy atom. The molecule has 0 atom stereocenters. The van der Waals surface area contributed by atoms with Crippen LogP contribution in [0.1, 0.15) is 0 Å². The van der Waals surface area contributed by atoms with Gasteiger partial charge >= 0.3 is 5.97 Å². The lowest BCUT2D eigenvalue weighted by molar-refractivity contribution is -0.129. The molecule has 0 fully saturated rings. The van der Waals surface area contributed by atoms with Crippen molar-refractivity contribution in [2.45, 2.75) is 0 Å². The first-order valence-electron chi connectivity index (χ1n) is 5.93. The third kappa shape index (κ3) is 3.32. The second kappa shape index (κ2) is 6.33. The summed E-state index contributed by atoms with van der Waals surface area (Å²) in [5.41, 5.74) is 1.67. The van der Waals surface area contributed by atoms with Crippen molar-refractivity contribution in [3.63, 3.8) is 0 Å². The lowest BCUT2D eigenvalue weighted by atomic mass is 10.2. The number of rotatable bonds is 2. The van der Waals surface area contributed by atoms with Gasteiger partial charge in [0.2, 0.25) is 0 Å². The van der Waals surface area contributed by atoms with Crippen molar-refractivity contribution in [3.05, 3.63) is 78.1 Å². The normalized spacial score (nSPS) is 14.7.